The summed E-state index contributed by atoms with van der Waals surface area (Å²) in [5.74, 6) is -0.736. The number of anilines is 1. The number of amides is 1. The molecule has 0 saturated heterocycles. The second-order valence-corrected chi connectivity index (χ2v) is 7.06. The van der Waals surface area contributed by atoms with Crippen LogP contribution in [0.4, 0.5) is 18.3 Å². The Kier molecular flexibility index (Phi) is 4.43. The van der Waals surface area contributed by atoms with Gasteiger partial charge < -0.3 is 5.32 Å². The number of aromatic nitrogens is 2. The molecule has 1 heterocycles. The molecule has 1 aromatic heterocycles. The molecule has 3 aromatic rings. The molecule has 0 bridgehead atoms. The van der Waals surface area contributed by atoms with Crippen molar-refractivity contribution < 1.29 is 18.0 Å². The molecule has 2 aromatic carbocycles. The number of carbonyl (C=O) groups is 1. The highest BCUT2D eigenvalue weighted by Crippen LogP contribution is 2.51. The highest BCUT2D eigenvalue weighted by atomic mass is 32.1. The Balaban J connectivity index is 1.45. The third-order valence-corrected chi connectivity index (χ3v) is 5.11. The predicted molar refractivity (Wildman–Crippen MR) is 96.3 cm³/mol. The first-order chi connectivity index (χ1) is 12.9. The first kappa shape index (κ1) is 17.7. The van der Waals surface area contributed by atoms with E-state index in [-0.39, 0.29) is 11.5 Å². The molecular formula is C19H14F3N3OS. The van der Waals surface area contributed by atoms with Gasteiger partial charge >= 0.3 is 6.18 Å². The molecule has 1 aliphatic carbocycles. The Morgan fingerprint density at radius 3 is 2.52 bits per heavy atom. The van der Waals surface area contributed by atoms with E-state index in [1.807, 2.05) is 30.3 Å². The van der Waals surface area contributed by atoms with Gasteiger partial charge in [-0.2, -0.15) is 22.5 Å². The van der Waals surface area contributed by atoms with E-state index in [0.717, 1.165) is 23.2 Å². The number of carbonyl (C=O) groups excluding carboxylic acids is 1. The maximum absolute atomic E-state index is 13.2. The Morgan fingerprint density at radius 1 is 1.07 bits per heavy atom. The van der Waals surface area contributed by atoms with E-state index in [1.165, 1.54) is 12.1 Å². The number of rotatable bonds is 4. The Labute approximate surface area is 157 Å². The molecular weight excluding hydrogens is 375 g/mol. The van der Waals surface area contributed by atoms with Gasteiger partial charge in [0.05, 0.1) is 5.56 Å². The molecule has 138 valence electrons. The molecule has 8 heteroatoms. The summed E-state index contributed by atoms with van der Waals surface area (Å²) in [5, 5.41) is 3.02. The number of alkyl halides is 3. The van der Waals surface area contributed by atoms with Crippen molar-refractivity contribution in [3.8, 4) is 11.4 Å². The quantitative estimate of drug-likeness (QED) is 0.686. The number of nitrogens with zero attached hydrogens (tertiary/aromatic N) is 2. The molecule has 1 amide bonds. The van der Waals surface area contributed by atoms with Gasteiger partial charge in [-0.25, -0.2) is 0 Å². The SMILES string of the molecule is O=C(Nc1nc(-c2ccccc2)ns1)C1CC1c1ccccc1C(F)(F)F. The van der Waals surface area contributed by atoms with E-state index >= 15 is 0 Å². The van der Waals surface area contributed by atoms with Gasteiger partial charge in [0.2, 0.25) is 11.0 Å². The lowest BCUT2D eigenvalue weighted by atomic mass is 10.0. The van der Waals surface area contributed by atoms with Gasteiger partial charge in [0.15, 0.2) is 5.82 Å². The molecule has 1 aliphatic rings. The first-order valence-electron chi connectivity index (χ1n) is 8.29. The smallest absolute Gasteiger partial charge is 0.300 e. The fourth-order valence-electron chi connectivity index (χ4n) is 3.08. The van der Waals surface area contributed by atoms with Crippen molar-refractivity contribution >= 4 is 22.6 Å². The topological polar surface area (TPSA) is 54.9 Å². The summed E-state index contributed by atoms with van der Waals surface area (Å²) < 4.78 is 43.7. The summed E-state index contributed by atoms with van der Waals surface area (Å²) in [5.41, 5.74) is 0.331. The predicted octanol–water partition coefficient (Wildman–Crippen LogP) is 4.97. The molecule has 4 rings (SSSR count). The molecule has 0 radical (unpaired) electrons. The van der Waals surface area contributed by atoms with Crippen LogP contribution in [0.15, 0.2) is 54.6 Å². The van der Waals surface area contributed by atoms with Crippen LogP contribution < -0.4 is 5.32 Å². The van der Waals surface area contributed by atoms with E-state index in [0.29, 0.717) is 17.4 Å². The van der Waals surface area contributed by atoms with Crippen molar-refractivity contribution in [2.75, 3.05) is 5.32 Å². The molecule has 1 fully saturated rings. The minimum Gasteiger partial charge on any atom is -0.300 e. The third-order valence-electron chi connectivity index (χ3n) is 4.48. The highest BCUT2D eigenvalue weighted by molar-refractivity contribution is 7.10. The van der Waals surface area contributed by atoms with Crippen LogP contribution in [0, 0.1) is 5.92 Å². The van der Waals surface area contributed by atoms with Gasteiger partial charge in [0.1, 0.15) is 0 Å². The van der Waals surface area contributed by atoms with E-state index in [2.05, 4.69) is 14.7 Å². The standard InChI is InChI=1S/C19H14F3N3OS/c20-19(21,22)15-9-5-4-8-12(15)13-10-14(13)17(26)24-18-23-16(25-27-18)11-6-2-1-3-7-11/h1-9,13-14H,10H2,(H,23,24,25,26). The Morgan fingerprint density at radius 2 is 1.78 bits per heavy atom. The van der Waals surface area contributed by atoms with Crippen LogP contribution in [0.25, 0.3) is 11.4 Å². The Hall–Kier alpha value is -2.74. The van der Waals surface area contributed by atoms with Crippen LogP contribution in [0.3, 0.4) is 0 Å². The second-order valence-electron chi connectivity index (χ2n) is 6.31. The van der Waals surface area contributed by atoms with Crippen molar-refractivity contribution in [2.45, 2.75) is 18.5 Å². The maximum Gasteiger partial charge on any atom is 0.416 e. The van der Waals surface area contributed by atoms with Gasteiger partial charge in [-0.3, -0.25) is 4.79 Å². The van der Waals surface area contributed by atoms with Crippen molar-refractivity contribution in [3.63, 3.8) is 0 Å². The third kappa shape index (κ3) is 3.71. The summed E-state index contributed by atoms with van der Waals surface area (Å²) in [4.78, 5) is 16.7. The number of nitrogens with one attached hydrogen (secondary N) is 1. The lowest BCUT2D eigenvalue weighted by Gasteiger charge is -2.12. The lowest BCUT2D eigenvalue weighted by molar-refractivity contribution is -0.138. The van der Waals surface area contributed by atoms with Gasteiger partial charge in [0, 0.05) is 23.0 Å². The molecule has 4 nitrogen and oxygen atoms in total. The minimum absolute atomic E-state index is 0.174. The summed E-state index contributed by atoms with van der Waals surface area (Å²) in [6.07, 6.45) is -4.03. The van der Waals surface area contributed by atoms with Gasteiger partial charge in [-0.15, -0.1) is 0 Å². The average molecular weight is 389 g/mol. The fourth-order valence-corrected chi connectivity index (χ4v) is 3.68. The van der Waals surface area contributed by atoms with Crippen LogP contribution in [0.5, 0.6) is 0 Å². The van der Waals surface area contributed by atoms with E-state index in [4.69, 9.17) is 0 Å². The average Bonchev–Trinajstić information content (AvgIpc) is 3.33. The van der Waals surface area contributed by atoms with Crippen molar-refractivity contribution in [1.29, 1.82) is 0 Å². The Bertz CT molecular complexity index is 972. The van der Waals surface area contributed by atoms with Crippen LogP contribution in [0.1, 0.15) is 23.5 Å². The van der Waals surface area contributed by atoms with Crippen LogP contribution in [-0.4, -0.2) is 15.3 Å². The number of halogens is 3. The lowest BCUT2D eigenvalue weighted by Crippen LogP contribution is -2.15. The minimum atomic E-state index is -4.43. The zero-order valence-corrected chi connectivity index (χ0v) is 14.7. The number of benzene rings is 2. The summed E-state index contributed by atoms with van der Waals surface area (Å²) in [6, 6.07) is 14.7. The monoisotopic (exact) mass is 389 g/mol. The second kappa shape index (κ2) is 6.77. The van der Waals surface area contributed by atoms with E-state index < -0.39 is 23.6 Å². The van der Waals surface area contributed by atoms with Gasteiger partial charge in [-0.05, 0) is 24.0 Å². The zero-order valence-electron chi connectivity index (χ0n) is 13.9. The fraction of sp³-hybridized carbons (Fsp3) is 0.211. The molecule has 2 unspecified atom stereocenters. The summed E-state index contributed by atoms with van der Waals surface area (Å²) >= 11 is 1.05. The van der Waals surface area contributed by atoms with E-state index in [1.54, 1.807) is 6.07 Å². The zero-order chi connectivity index (χ0) is 19.0. The van der Waals surface area contributed by atoms with Crippen molar-refractivity contribution in [3.05, 3.63) is 65.7 Å². The van der Waals surface area contributed by atoms with Crippen LogP contribution >= 0.6 is 11.5 Å². The van der Waals surface area contributed by atoms with Crippen LogP contribution in [0.2, 0.25) is 0 Å². The molecule has 0 spiro atoms. The summed E-state index contributed by atoms with van der Waals surface area (Å²) in [6.45, 7) is 0. The number of hydrogen-bond donors (Lipinski definition) is 1. The van der Waals surface area contributed by atoms with Gasteiger partial charge in [-0.1, -0.05) is 48.5 Å². The normalized spacial score (nSPS) is 18.9. The molecule has 1 N–H and O–H groups in total. The van der Waals surface area contributed by atoms with E-state index in [9.17, 15) is 18.0 Å². The molecule has 1 saturated carbocycles. The molecule has 2 atom stereocenters. The molecule has 0 aliphatic heterocycles. The molecule has 27 heavy (non-hydrogen) atoms. The van der Waals surface area contributed by atoms with Crippen molar-refractivity contribution in [1.82, 2.24) is 9.36 Å². The number of hydrogen-bond acceptors (Lipinski definition) is 4. The summed E-state index contributed by atoms with van der Waals surface area (Å²) in [7, 11) is 0. The largest absolute Gasteiger partial charge is 0.416 e. The first-order valence-corrected chi connectivity index (χ1v) is 9.07. The van der Waals surface area contributed by atoms with Crippen molar-refractivity contribution in [2.24, 2.45) is 5.92 Å². The highest BCUT2D eigenvalue weighted by Gasteiger charge is 2.48. The van der Waals surface area contributed by atoms with Gasteiger partial charge in [0.25, 0.3) is 0 Å². The van der Waals surface area contributed by atoms with Crippen LogP contribution in [-0.2, 0) is 11.0 Å². The maximum atomic E-state index is 13.2.